The van der Waals surface area contributed by atoms with Crippen LogP contribution in [0.2, 0.25) is 0 Å². The minimum absolute atomic E-state index is 0.211. The molecule has 2 aromatic heterocycles. The second kappa shape index (κ2) is 6.42. The molecular formula is C13H14BrN5O. The molecule has 2 heterocycles. The molecule has 0 spiro atoms. The topological polar surface area (TPSA) is 71.0 Å². The zero-order valence-electron chi connectivity index (χ0n) is 11.2. The van der Waals surface area contributed by atoms with Crippen molar-refractivity contribution in [2.24, 2.45) is 0 Å². The molecule has 0 unspecified atom stereocenters. The van der Waals surface area contributed by atoms with Crippen LogP contribution in [-0.4, -0.2) is 35.0 Å². The second-order valence-corrected chi connectivity index (χ2v) is 5.22. The van der Waals surface area contributed by atoms with Crippen LogP contribution in [0, 0.1) is 0 Å². The fourth-order valence-corrected chi connectivity index (χ4v) is 1.88. The van der Waals surface area contributed by atoms with Gasteiger partial charge in [-0.1, -0.05) is 0 Å². The number of rotatable bonds is 4. The number of hydrogen-bond donors (Lipinski definition) is 1. The minimum atomic E-state index is -0.211. The molecule has 20 heavy (non-hydrogen) atoms. The monoisotopic (exact) mass is 335 g/mol. The maximum atomic E-state index is 12.0. The molecule has 0 aliphatic rings. The van der Waals surface area contributed by atoms with E-state index in [1.54, 1.807) is 18.5 Å². The summed E-state index contributed by atoms with van der Waals surface area (Å²) in [6, 6.07) is 3.52. The van der Waals surface area contributed by atoms with Crippen LogP contribution in [0.3, 0.4) is 0 Å². The Kier molecular flexibility index (Phi) is 4.62. The standard InChI is InChI=1S/C13H14BrN5O/c1-19(2)12-3-4-16-11(18-12)8-17-13(20)9-5-10(14)7-15-6-9/h3-7H,8H2,1-2H3,(H,17,20). The third kappa shape index (κ3) is 3.74. The number of amides is 1. The van der Waals surface area contributed by atoms with Crippen LogP contribution >= 0.6 is 15.9 Å². The number of anilines is 1. The molecule has 2 aromatic rings. The zero-order chi connectivity index (χ0) is 14.5. The molecule has 2 rings (SSSR count). The van der Waals surface area contributed by atoms with E-state index in [0.717, 1.165) is 10.3 Å². The van der Waals surface area contributed by atoms with Gasteiger partial charge in [0.2, 0.25) is 0 Å². The van der Waals surface area contributed by atoms with Crippen molar-refractivity contribution >= 4 is 27.7 Å². The van der Waals surface area contributed by atoms with Crippen molar-refractivity contribution in [1.82, 2.24) is 20.3 Å². The van der Waals surface area contributed by atoms with Gasteiger partial charge in [-0.05, 0) is 28.1 Å². The Balaban J connectivity index is 2.02. The van der Waals surface area contributed by atoms with Crippen molar-refractivity contribution in [1.29, 1.82) is 0 Å². The summed E-state index contributed by atoms with van der Waals surface area (Å²) in [4.78, 5) is 26.2. The highest BCUT2D eigenvalue weighted by Gasteiger charge is 2.07. The van der Waals surface area contributed by atoms with Crippen LogP contribution in [0.25, 0.3) is 0 Å². The van der Waals surface area contributed by atoms with Gasteiger partial charge in [0, 0.05) is 37.2 Å². The van der Waals surface area contributed by atoms with Gasteiger partial charge < -0.3 is 10.2 Å². The molecule has 7 heteroatoms. The van der Waals surface area contributed by atoms with Crippen LogP contribution in [-0.2, 0) is 6.54 Å². The summed E-state index contributed by atoms with van der Waals surface area (Å²) in [5.74, 6) is 1.15. The fourth-order valence-electron chi connectivity index (χ4n) is 1.52. The van der Waals surface area contributed by atoms with Crippen LogP contribution in [0.4, 0.5) is 5.82 Å². The molecular weight excluding hydrogens is 322 g/mol. The number of halogens is 1. The average molecular weight is 336 g/mol. The van der Waals surface area contributed by atoms with Gasteiger partial charge in [-0.15, -0.1) is 0 Å². The highest BCUT2D eigenvalue weighted by atomic mass is 79.9. The first-order chi connectivity index (χ1) is 9.56. The Morgan fingerprint density at radius 1 is 1.40 bits per heavy atom. The lowest BCUT2D eigenvalue weighted by molar-refractivity contribution is 0.0949. The fraction of sp³-hybridized carbons (Fsp3) is 0.231. The molecule has 0 saturated heterocycles. The van der Waals surface area contributed by atoms with E-state index in [9.17, 15) is 4.79 Å². The van der Waals surface area contributed by atoms with Crippen LogP contribution in [0.5, 0.6) is 0 Å². The molecule has 0 saturated carbocycles. The molecule has 0 fully saturated rings. The Morgan fingerprint density at radius 2 is 2.20 bits per heavy atom. The van der Waals surface area contributed by atoms with Gasteiger partial charge in [0.1, 0.15) is 11.6 Å². The summed E-state index contributed by atoms with van der Waals surface area (Å²) in [5, 5.41) is 2.77. The minimum Gasteiger partial charge on any atom is -0.363 e. The van der Waals surface area contributed by atoms with E-state index in [2.05, 4.69) is 36.2 Å². The molecule has 104 valence electrons. The molecule has 0 aliphatic heterocycles. The smallest absolute Gasteiger partial charge is 0.253 e. The number of nitrogens with zero attached hydrogens (tertiary/aromatic N) is 4. The molecule has 0 atom stereocenters. The van der Waals surface area contributed by atoms with Gasteiger partial charge in [0.15, 0.2) is 0 Å². The number of hydrogen-bond acceptors (Lipinski definition) is 5. The van der Waals surface area contributed by atoms with Crippen LogP contribution in [0.1, 0.15) is 16.2 Å². The Morgan fingerprint density at radius 3 is 2.90 bits per heavy atom. The van der Waals surface area contributed by atoms with Gasteiger partial charge in [-0.2, -0.15) is 0 Å². The zero-order valence-corrected chi connectivity index (χ0v) is 12.8. The summed E-state index contributed by atoms with van der Waals surface area (Å²) in [7, 11) is 3.80. The molecule has 1 amide bonds. The first kappa shape index (κ1) is 14.4. The molecule has 1 N–H and O–H groups in total. The number of pyridine rings is 1. The molecule has 0 bridgehead atoms. The molecule has 6 nitrogen and oxygen atoms in total. The van der Waals surface area contributed by atoms with Crippen molar-refractivity contribution < 1.29 is 4.79 Å². The summed E-state index contributed by atoms with van der Waals surface area (Å²) in [6.45, 7) is 0.271. The normalized spacial score (nSPS) is 10.2. The largest absolute Gasteiger partial charge is 0.363 e. The first-order valence-corrected chi connectivity index (χ1v) is 6.73. The predicted molar refractivity (Wildman–Crippen MR) is 79.5 cm³/mol. The van der Waals surface area contributed by atoms with Crippen molar-refractivity contribution in [3.63, 3.8) is 0 Å². The predicted octanol–water partition coefficient (Wildman–Crippen LogP) is 1.63. The molecule has 0 aromatic carbocycles. The average Bonchev–Trinajstić information content (AvgIpc) is 2.45. The van der Waals surface area contributed by atoms with E-state index < -0.39 is 0 Å². The van der Waals surface area contributed by atoms with E-state index in [1.807, 2.05) is 25.1 Å². The molecule has 0 radical (unpaired) electrons. The van der Waals surface area contributed by atoms with Crippen molar-refractivity contribution in [3.05, 3.63) is 46.6 Å². The maximum Gasteiger partial charge on any atom is 0.253 e. The van der Waals surface area contributed by atoms with Crippen molar-refractivity contribution in [2.45, 2.75) is 6.54 Å². The quantitative estimate of drug-likeness (QED) is 0.919. The van der Waals surface area contributed by atoms with E-state index in [0.29, 0.717) is 11.4 Å². The lowest BCUT2D eigenvalue weighted by Gasteiger charge is -2.11. The van der Waals surface area contributed by atoms with Crippen molar-refractivity contribution in [2.75, 3.05) is 19.0 Å². The number of carbonyl (C=O) groups is 1. The van der Waals surface area contributed by atoms with Gasteiger partial charge in [-0.3, -0.25) is 9.78 Å². The molecule has 0 aliphatic carbocycles. The lowest BCUT2D eigenvalue weighted by atomic mass is 10.3. The van der Waals surface area contributed by atoms with E-state index in [-0.39, 0.29) is 12.5 Å². The van der Waals surface area contributed by atoms with E-state index in [4.69, 9.17) is 0 Å². The number of aromatic nitrogens is 3. The third-order valence-electron chi connectivity index (χ3n) is 2.52. The van der Waals surface area contributed by atoms with Gasteiger partial charge >= 0.3 is 0 Å². The van der Waals surface area contributed by atoms with Crippen molar-refractivity contribution in [3.8, 4) is 0 Å². The van der Waals surface area contributed by atoms with Gasteiger partial charge in [0.25, 0.3) is 5.91 Å². The second-order valence-electron chi connectivity index (χ2n) is 4.30. The lowest BCUT2D eigenvalue weighted by Crippen LogP contribution is -2.24. The van der Waals surface area contributed by atoms with Gasteiger partial charge in [0.05, 0.1) is 12.1 Å². The van der Waals surface area contributed by atoms with Crippen LogP contribution < -0.4 is 10.2 Å². The summed E-state index contributed by atoms with van der Waals surface area (Å²) >= 11 is 3.28. The summed E-state index contributed by atoms with van der Waals surface area (Å²) < 4.78 is 0.760. The first-order valence-electron chi connectivity index (χ1n) is 5.94. The Hall–Kier alpha value is -2.02. The highest BCUT2D eigenvalue weighted by molar-refractivity contribution is 9.10. The summed E-state index contributed by atoms with van der Waals surface area (Å²) in [5.41, 5.74) is 0.489. The van der Waals surface area contributed by atoms with E-state index >= 15 is 0 Å². The third-order valence-corrected chi connectivity index (χ3v) is 2.96. The number of carbonyl (C=O) groups excluding carboxylic acids is 1. The summed E-state index contributed by atoms with van der Waals surface area (Å²) in [6.07, 6.45) is 4.81. The SMILES string of the molecule is CN(C)c1ccnc(CNC(=O)c2cncc(Br)c2)n1. The number of nitrogens with one attached hydrogen (secondary N) is 1. The Bertz CT molecular complexity index is 617. The maximum absolute atomic E-state index is 12.0. The van der Waals surface area contributed by atoms with E-state index in [1.165, 1.54) is 6.20 Å². The van der Waals surface area contributed by atoms with Crippen LogP contribution in [0.15, 0.2) is 35.2 Å². The van der Waals surface area contributed by atoms with Gasteiger partial charge in [-0.25, -0.2) is 9.97 Å². The highest BCUT2D eigenvalue weighted by Crippen LogP contribution is 2.09. The Labute approximate surface area is 125 Å².